The van der Waals surface area contributed by atoms with E-state index >= 15 is 0 Å². The molecule has 0 radical (unpaired) electrons. The summed E-state index contributed by atoms with van der Waals surface area (Å²) in [5, 5.41) is 7.32. The van der Waals surface area contributed by atoms with Crippen molar-refractivity contribution in [3.8, 4) is 0 Å². The van der Waals surface area contributed by atoms with Crippen molar-refractivity contribution in [3.05, 3.63) is 23.7 Å². The average molecular weight is 369 g/mol. The van der Waals surface area contributed by atoms with Gasteiger partial charge in [0.05, 0.1) is 6.04 Å². The fourth-order valence-corrected chi connectivity index (χ4v) is 3.69. The molecule has 2 N–H and O–H groups in total. The summed E-state index contributed by atoms with van der Waals surface area (Å²) < 4.78 is 33.8. The first-order valence-corrected chi connectivity index (χ1v) is 9.58. The van der Waals surface area contributed by atoms with Gasteiger partial charge in [0, 0.05) is 45.8 Å². The maximum atomic E-state index is 12.2. The molecule has 2 aromatic heterocycles. The molecule has 0 aromatic carbocycles. The summed E-state index contributed by atoms with van der Waals surface area (Å²) in [4.78, 5) is 10.6. The van der Waals surface area contributed by atoms with Crippen molar-refractivity contribution < 1.29 is 12.9 Å². The lowest BCUT2D eigenvalue weighted by molar-refractivity contribution is 0.190. The number of hydrogen-bond acceptors (Lipinski definition) is 8. The molecule has 1 saturated heterocycles. The third kappa shape index (κ3) is 4.06. The van der Waals surface area contributed by atoms with Gasteiger partial charge in [-0.15, -0.1) is 0 Å². The first kappa shape index (κ1) is 18.0. The highest BCUT2D eigenvalue weighted by Crippen LogP contribution is 2.17. The maximum Gasteiger partial charge on any atom is 0.259 e. The van der Waals surface area contributed by atoms with Crippen molar-refractivity contribution in [2.75, 3.05) is 33.2 Å². The molecule has 0 aliphatic carbocycles. The van der Waals surface area contributed by atoms with Gasteiger partial charge >= 0.3 is 0 Å². The van der Waals surface area contributed by atoms with Gasteiger partial charge in [0.1, 0.15) is 5.82 Å². The van der Waals surface area contributed by atoms with Crippen LogP contribution in [0.1, 0.15) is 23.6 Å². The molecule has 3 heterocycles. The van der Waals surface area contributed by atoms with E-state index in [1.165, 1.54) is 6.20 Å². The fraction of sp³-hybridized carbons (Fsp3) is 0.643. The van der Waals surface area contributed by atoms with E-state index in [4.69, 9.17) is 4.52 Å². The first-order valence-electron chi connectivity index (χ1n) is 8.10. The van der Waals surface area contributed by atoms with Crippen LogP contribution < -0.4 is 10.0 Å². The zero-order valence-electron chi connectivity index (χ0n) is 14.6. The van der Waals surface area contributed by atoms with Gasteiger partial charge in [0.15, 0.2) is 10.9 Å². The minimum Gasteiger partial charge on any atom is -0.339 e. The molecule has 1 aliphatic rings. The lowest BCUT2D eigenvalue weighted by Gasteiger charge is -2.30. The molecule has 0 saturated carbocycles. The number of nitrogens with one attached hydrogen (secondary N) is 2. The smallest absolute Gasteiger partial charge is 0.259 e. The normalized spacial score (nSPS) is 19.4. The van der Waals surface area contributed by atoms with Gasteiger partial charge in [0.25, 0.3) is 10.0 Å². The Morgan fingerprint density at radius 1 is 1.40 bits per heavy atom. The van der Waals surface area contributed by atoms with Crippen molar-refractivity contribution >= 4 is 10.0 Å². The number of piperazine rings is 1. The van der Waals surface area contributed by atoms with Crippen LogP contribution in [0.3, 0.4) is 0 Å². The lowest BCUT2D eigenvalue weighted by atomic mass is 10.2. The molecule has 1 unspecified atom stereocenters. The Bertz CT molecular complexity index is 810. The molecule has 0 bridgehead atoms. The quantitative estimate of drug-likeness (QED) is 0.680. The molecule has 138 valence electrons. The number of sulfonamides is 1. The van der Waals surface area contributed by atoms with Gasteiger partial charge in [-0.1, -0.05) is 5.16 Å². The zero-order valence-corrected chi connectivity index (χ0v) is 15.4. The molecule has 0 amide bonds. The van der Waals surface area contributed by atoms with E-state index in [9.17, 15) is 8.42 Å². The molecular formula is C14H23N7O3S. The number of aromatic nitrogens is 4. The highest BCUT2D eigenvalue weighted by Gasteiger charge is 2.25. The second-order valence-electron chi connectivity index (χ2n) is 6.13. The van der Waals surface area contributed by atoms with Crippen molar-refractivity contribution in [1.29, 1.82) is 0 Å². The Kier molecular flexibility index (Phi) is 5.18. The molecule has 10 nitrogen and oxygen atoms in total. The minimum absolute atomic E-state index is 0.00798. The molecule has 1 atom stereocenters. The van der Waals surface area contributed by atoms with E-state index in [0.717, 1.165) is 19.6 Å². The summed E-state index contributed by atoms with van der Waals surface area (Å²) in [6.45, 7) is 4.53. The highest BCUT2D eigenvalue weighted by molar-refractivity contribution is 7.89. The van der Waals surface area contributed by atoms with Crippen molar-refractivity contribution in [1.82, 2.24) is 34.6 Å². The summed E-state index contributed by atoms with van der Waals surface area (Å²) in [6, 6.07) is 0.0689. The first-order chi connectivity index (χ1) is 11.9. The standard InChI is InChI=1S/C14H23N7O3S/c1-10-17-13(9-21(10)3)25(22,23)16-5-4-12-18-14(19-24-12)11-8-15-6-7-20(11)2/h9,11,15-16H,4-8H2,1-3H3. The molecule has 2 aromatic rings. The van der Waals surface area contributed by atoms with Crippen LogP contribution in [0.25, 0.3) is 0 Å². The molecule has 25 heavy (non-hydrogen) atoms. The average Bonchev–Trinajstić information content (AvgIpc) is 3.15. The molecular weight excluding hydrogens is 346 g/mol. The summed E-state index contributed by atoms with van der Waals surface area (Å²) in [5.74, 6) is 1.66. The molecule has 0 spiro atoms. The summed E-state index contributed by atoms with van der Waals surface area (Å²) >= 11 is 0. The predicted molar refractivity (Wildman–Crippen MR) is 89.4 cm³/mol. The Labute approximate surface area is 146 Å². The monoisotopic (exact) mass is 369 g/mol. The van der Waals surface area contributed by atoms with Crippen LogP contribution in [0.5, 0.6) is 0 Å². The number of nitrogens with zero attached hydrogens (tertiary/aromatic N) is 5. The van der Waals surface area contributed by atoms with E-state index in [2.05, 4.69) is 30.1 Å². The van der Waals surface area contributed by atoms with Crippen LogP contribution >= 0.6 is 0 Å². The van der Waals surface area contributed by atoms with Crippen LogP contribution in [0.2, 0.25) is 0 Å². The second-order valence-corrected chi connectivity index (χ2v) is 7.85. The molecule has 1 aliphatic heterocycles. The lowest BCUT2D eigenvalue weighted by Crippen LogP contribution is -2.44. The topological polar surface area (TPSA) is 118 Å². The summed E-state index contributed by atoms with van der Waals surface area (Å²) in [6.07, 6.45) is 1.80. The Morgan fingerprint density at radius 3 is 2.88 bits per heavy atom. The second kappa shape index (κ2) is 7.20. The summed E-state index contributed by atoms with van der Waals surface area (Å²) in [5.41, 5.74) is 0. The number of hydrogen-bond donors (Lipinski definition) is 2. The zero-order chi connectivity index (χ0) is 18.0. The van der Waals surface area contributed by atoms with E-state index < -0.39 is 10.0 Å². The number of aryl methyl sites for hydroxylation is 2. The van der Waals surface area contributed by atoms with Gasteiger partial charge in [-0.3, -0.25) is 4.90 Å². The van der Waals surface area contributed by atoms with Crippen LogP contribution in [0, 0.1) is 6.92 Å². The van der Waals surface area contributed by atoms with Crippen LogP contribution in [0.4, 0.5) is 0 Å². The van der Waals surface area contributed by atoms with Crippen molar-refractivity contribution in [2.24, 2.45) is 7.05 Å². The van der Waals surface area contributed by atoms with Crippen molar-refractivity contribution in [3.63, 3.8) is 0 Å². The number of rotatable bonds is 6. The van der Waals surface area contributed by atoms with Crippen LogP contribution in [0.15, 0.2) is 15.7 Å². The van der Waals surface area contributed by atoms with Crippen LogP contribution in [-0.4, -0.2) is 66.2 Å². The highest BCUT2D eigenvalue weighted by atomic mass is 32.2. The molecule has 3 rings (SSSR count). The Hall–Kier alpha value is -1.82. The molecule has 1 fully saturated rings. The Morgan fingerprint density at radius 2 is 2.20 bits per heavy atom. The maximum absolute atomic E-state index is 12.2. The van der Waals surface area contributed by atoms with Crippen LogP contribution in [-0.2, 0) is 23.5 Å². The number of imidazole rings is 1. The van der Waals surface area contributed by atoms with E-state index in [1.54, 1.807) is 18.5 Å². The van der Waals surface area contributed by atoms with E-state index in [1.807, 2.05) is 7.05 Å². The van der Waals surface area contributed by atoms with E-state index in [0.29, 0.717) is 24.0 Å². The Balaban J connectivity index is 1.57. The predicted octanol–water partition coefficient (Wildman–Crippen LogP) is -0.791. The fourth-order valence-electron chi connectivity index (χ4n) is 2.62. The van der Waals surface area contributed by atoms with Gasteiger partial charge in [-0.2, -0.15) is 4.98 Å². The third-order valence-electron chi connectivity index (χ3n) is 4.29. The number of likely N-dealkylation sites (N-methyl/N-ethyl adjacent to an activating group) is 1. The summed E-state index contributed by atoms with van der Waals surface area (Å²) in [7, 11) is 0.122. The largest absolute Gasteiger partial charge is 0.339 e. The molecule has 11 heteroatoms. The van der Waals surface area contributed by atoms with Gasteiger partial charge < -0.3 is 14.4 Å². The van der Waals surface area contributed by atoms with Gasteiger partial charge in [-0.05, 0) is 14.0 Å². The SMILES string of the molecule is Cc1nc(S(=O)(=O)NCCc2nc(C3CNCCN3C)no2)cn1C. The van der Waals surface area contributed by atoms with Gasteiger partial charge in [0.2, 0.25) is 5.89 Å². The van der Waals surface area contributed by atoms with Crippen molar-refractivity contribution in [2.45, 2.75) is 24.4 Å². The van der Waals surface area contributed by atoms with E-state index in [-0.39, 0.29) is 17.6 Å². The minimum atomic E-state index is -3.64. The van der Waals surface area contributed by atoms with Gasteiger partial charge in [-0.25, -0.2) is 18.1 Å². The third-order valence-corrected chi connectivity index (χ3v) is 5.62.